The number of ether oxygens (including phenoxy) is 1. The van der Waals surface area contributed by atoms with Crippen LogP contribution >= 0.6 is 31.9 Å². The summed E-state index contributed by atoms with van der Waals surface area (Å²) in [6, 6.07) is 29.0. The number of allylic oxidation sites excluding steroid dienone is 1. The lowest BCUT2D eigenvalue weighted by Gasteiger charge is -2.38. The minimum Gasteiger partial charge on any atom is -0.440 e. The third-order valence-electron chi connectivity index (χ3n) is 6.23. The fourth-order valence-corrected chi connectivity index (χ4v) is 5.59. The van der Waals surface area contributed by atoms with Gasteiger partial charge in [0.1, 0.15) is 17.4 Å². The summed E-state index contributed by atoms with van der Waals surface area (Å²) in [5, 5.41) is 10.0. The largest absolute Gasteiger partial charge is 0.440 e. The summed E-state index contributed by atoms with van der Waals surface area (Å²) in [7, 11) is 0. The molecule has 0 radical (unpaired) electrons. The molecule has 0 saturated carbocycles. The van der Waals surface area contributed by atoms with E-state index in [0.717, 1.165) is 43.5 Å². The Bertz CT molecular complexity index is 1400. The van der Waals surface area contributed by atoms with Crippen molar-refractivity contribution in [1.82, 2.24) is 4.90 Å². The molecule has 0 bridgehead atoms. The van der Waals surface area contributed by atoms with E-state index in [1.807, 2.05) is 36.4 Å². The number of hydrogen-bond donors (Lipinski definition) is 1. The van der Waals surface area contributed by atoms with E-state index in [4.69, 9.17) is 10.5 Å². The van der Waals surface area contributed by atoms with Gasteiger partial charge >= 0.3 is 0 Å². The summed E-state index contributed by atoms with van der Waals surface area (Å²) in [4.78, 5) is 2.39. The van der Waals surface area contributed by atoms with Gasteiger partial charge in [0.25, 0.3) is 0 Å². The van der Waals surface area contributed by atoms with Crippen LogP contribution in [0.4, 0.5) is 0 Å². The van der Waals surface area contributed by atoms with Gasteiger partial charge in [-0.15, -0.1) is 0 Å². The molecule has 3 aromatic rings. The molecule has 5 rings (SSSR count). The maximum atomic E-state index is 10.0. The highest BCUT2D eigenvalue weighted by molar-refractivity contribution is 9.10. The number of hydrogen-bond acceptors (Lipinski definition) is 4. The van der Waals surface area contributed by atoms with Crippen molar-refractivity contribution in [2.75, 3.05) is 13.1 Å². The maximum Gasteiger partial charge on any atom is 0.205 e. The molecule has 0 fully saturated rings. The first kappa shape index (κ1) is 23.6. The van der Waals surface area contributed by atoms with Crippen molar-refractivity contribution in [3.05, 3.63) is 133 Å². The fourth-order valence-electron chi connectivity index (χ4n) is 4.76. The Morgan fingerprint density at radius 1 is 0.971 bits per heavy atom. The van der Waals surface area contributed by atoms with Crippen molar-refractivity contribution < 1.29 is 4.74 Å². The number of rotatable bonds is 4. The molecule has 6 heteroatoms. The SMILES string of the molecule is N#CC1=C(N)OC2=C(CN(Cc3ccccc3)CC2=Cc2cccc(Br)c2)C1c1cccc(Br)c1. The Morgan fingerprint density at radius 2 is 1.71 bits per heavy atom. The summed E-state index contributed by atoms with van der Waals surface area (Å²) in [6.45, 7) is 2.18. The molecule has 3 aromatic carbocycles. The molecule has 2 aliphatic rings. The van der Waals surface area contributed by atoms with Gasteiger partial charge in [-0.1, -0.05) is 86.5 Å². The second kappa shape index (κ2) is 10.2. The number of benzene rings is 3. The highest BCUT2D eigenvalue weighted by Crippen LogP contribution is 2.44. The summed E-state index contributed by atoms with van der Waals surface area (Å²) >= 11 is 7.16. The van der Waals surface area contributed by atoms with Crippen molar-refractivity contribution in [3.8, 4) is 6.07 Å². The minimum atomic E-state index is -0.272. The lowest BCUT2D eigenvalue weighted by molar-refractivity contribution is 0.230. The molecule has 0 aromatic heterocycles. The molecule has 2 aliphatic heterocycles. The molecule has 174 valence electrons. The average Bonchev–Trinajstić information content (AvgIpc) is 2.84. The summed E-state index contributed by atoms with van der Waals surface area (Å²) in [5.41, 5.74) is 12.2. The first-order valence-electron chi connectivity index (χ1n) is 11.3. The summed E-state index contributed by atoms with van der Waals surface area (Å²) in [5.74, 6) is 0.675. The van der Waals surface area contributed by atoms with Gasteiger partial charge in [0, 0.05) is 34.2 Å². The van der Waals surface area contributed by atoms with Crippen LogP contribution in [-0.2, 0) is 11.3 Å². The van der Waals surface area contributed by atoms with Crippen LogP contribution in [0, 0.1) is 11.3 Å². The maximum absolute atomic E-state index is 10.0. The van der Waals surface area contributed by atoms with Crippen LogP contribution in [0.1, 0.15) is 22.6 Å². The first-order valence-corrected chi connectivity index (χ1v) is 12.9. The van der Waals surface area contributed by atoms with E-state index in [0.29, 0.717) is 18.7 Å². The Labute approximate surface area is 222 Å². The Kier molecular flexibility index (Phi) is 6.92. The molecule has 2 heterocycles. The van der Waals surface area contributed by atoms with Crippen molar-refractivity contribution in [2.45, 2.75) is 12.5 Å². The zero-order valence-electron chi connectivity index (χ0n) is 18.9. The lowest BCUT2D eigenvalue weighted by atomic mass is 9.80. The van der Waals surface area contributed by atoms with Crippen molar-refractivity contribution in [3.63, 3.8) is 0 Å². The zero-order valence-corrected chi connectivity index (χ0v) is 22.1. The fraction of sp³-hybridized carbons (Fsp3) is 0.138. The quantitative estimate of drug-likeness (QED) is 0.361. The van der Waals surface area contributed by atoms with Gasteiger partial charge in [0.2, 0.25) is 5.88 Å². The van der Waals surface area contributed by atoms with E-state index < -0.39 is 0 Å². The van der Waals surface area contributed by atoms with Gasteiger partial charge < -0.3 is 10.5 Å². The van der Waals surface area contributed by atoms with Crippen LogP contribution < -0.4 is 5.73 Å². The van der Waals surface area contributed by atoms with E-state index in [1.54, 1.807) is 0 Å². The average molecular weight is 589 g/mol. The van der Waals surface area contributed by atoms with E-state index in [-0.39, 0.29) is 11.8 Å². The molecule has 2 N–H and O–H groups in total. The third-order valence-corrected chi connectivity index (χ3v) is 7.21. The monoisotopic (exact) mass is 587 g/mol. The highest BCUT2D eigenvalue weighted by Gasteiger charge is 2.37. The second-order valence-corrected chi connectivity index (χ2v) is 10.5. The first-order chi connectivity index (χ1) is 17.0. The Balaban J connectivity index is 1.64. The smallest absolute Gasteiger partial charge is 0.205 e. The highest BCUT2D eigenvalue weighted by atomic mass is 79.9. The van der Waals surface area contributed by atoms with Crippen LogP contribution in [0.3, 0.4) is 0 Å². The van der Waals surface area contributed by atoms with E-state index >= 15 is 0 Å². The molecular formula is C29H23Br2N3O. The van der Waals surface area contributed by atoms with Gasteiger partial charge in [-0.05, 0) is 52.6 Å². The molecule has 0 aliphatic carbocycles. The van der Waals surface area contributed by atoms with Crippen molar-refractivity contribution in [1.29, 1.82) is 5.26 Å². The molecule has 0 amide bonds. The number of halogens is 2. The number of nitrogens with two attached hydrogens (primary N) is 1. The van der Waals surface area contributed by atoms with Gasteiger partial charge in [0.15, 0.2) is 0 Å². The third kappa shape index (κ3) is 5.13. The van der Waals surface area contributed by atoms with E-state index in [2.05, 4.69) is 91.4 Å². The Morgan fingerprint density at radius 3 is 2.43 bits per heavy atom. The Hall–Kier alpha value is -3.11. The van der Waals surface area contributed by atoms with Gasteiger partial charge in [0.05, 0.1) is 5.92 Å². The number of nitrogens with zero attached hydrogens (tertiary/aromatic N) is 2. The van der Waals surface area contributed by atoms with Crippen LogP contribution in [0.25, 0.3) is 6.08 Å². The molecule has 0 spiro atoms. The molecule has 35 heavy (non-hydrogen) atoms. The lowest BCUT2D eigenvalue weighted by Crippen LogP contribution is -2.37. The number of nitriles is 1. The predicted molar refractivity (Wildman–Crippen MR) is 146 cm³/mol. The molecule has 1 unspecified atom stereocenters. The molecule has 1 atom stereocenters. The molecular weight excluding hydrogens is 566 g/mol. The van der Waals surface area contributed by atoms with E-state index in [9.17, 15) is 5.26 Å². The zero-order chi connectivity index (χ0) is 24.4. The van der Waals surface area contributed by atoms with Crippen LogP contribution in [0.5, 0.6) is 0 Å². The standard InChI is InChI=1S/C29H23Br2N3O/c30-23-10-4-8-20(13-23)12-22-17-34(16-19-6-2-1-3-7-19)18-26-27(21-9-5-11-24(31)14-21)25(15-32)29(33)35-28(22)26/h1-14,27H,16-18,33H2. The minimum absolute atomic E-state index is 0.174. The van der Waals surface area contributed by atoms with Crippen LogP contribution in [0.15, 0.2) is 116 Å². The van der Waals surface area contributed by atoms with Gasteiger partial charge in [-0.3, -0.25) is 4.90 Å². The van der Waals surface area contributed by atoms with Gasteiger partial charge in [-0.25, -0.2) is 0 Å². The molecule has 0 saturated heterocycles. The normalized spacial score (nSPS) is 19.3. The predicted octanol–water partition coefficient (Wildman–Crippen LogP) is 6.87. The van der Waals surface area contributed by atoms with Crippen LogP contribution in [-0.4, -0.2) is 18.0 Å². The topological polar surface area (TPSA) is 62.3 Å². The summed E-state index contributed by atoms with van der Waals surface area (Å²) < 4.78 is 8.16. The summed E-state index contributed by atoms with van der Waals surface area (Å²) in [6.07, 6.45) is 2.15. The van der Waals surface area contributed by atoms with Gasteiger partial charge in [-0.2, -0.15) is 5.26 Å². The van der Waals surface area contributed by atoms with Crippen LogP contribution in [0.2, 0.25) is 0 Å². The van der Waals surface area contributed by atoms with Crippen molar-refractivity contribution >= 4 is 37.9 Å². The van der Waals surface area contributed by atoms with Crippen molar-refractivity contribution in [2.24, 2.45) is 5.73 Å². The second-order valence-electron chi connectivity index (χ2n) is 8.69. The van der Waals surface area contributed by atoms with E-state index in [1.165, 1.54) is 5.56 Å². The molecule has 4 nitrogen and oxygen atoms in total.